The molecule has 150 valence electrons. The molecular formula is C24H21N3O3. The fraction of sp³-hybridized carbons (Fsp3) is 0.0833. The highest BCUT2D eigenvalue weighted by Crippen LogP contribution is 2.35. The Balaban J connectivity index is 1.70. The van der Waals surface area contributed by atoms with Gasteiger partial charge in [-0.05, 0) is 55.3 Å². The fourth-order valence-corrected chi connectivity index (χ4v) is 3.59. The zero-order chi connectivity index (χ0) is 21.3. The minimum atomic E-state index is -0.417. The van der Waals surface area contributed by atoms with E-state index in [1.807, 2.05) is 32.0 Å². The summed E-state index contributed by atoms with van der Waals surface area (Å²) in [5.41, 5.74) is 8.38. The first kappa shape index (κ1) is 19.3. The quantitative estimate of drug-likeness (QED) is 0.298. The van der Waals surface area contributed by atoms with E-state index in [4.69, 9.17) is 0 Å². The molecule has 0 radical (unpaired) electrons. The Morgan fingerprint density at radius 1 is 1.00 bits per heavy atom. The third kappa shape index (κ3) is 3.75. The molecule has 0 unspecified atom stereocenters. The molecule has 0 aliphatic carbocycles. The van der Waals surface area contributed by atoms with Gasteiger partial charge in [0.2, 0.25) is 0 Å². The summed E-state index contributed by atoms with van der Waals surface area (Å²) in [6, 6.07) is 18.0. The second kappa shape index (κ2) is 7.75. The molecule has 0 saturated heterocycles. The number of H-pyrrole nitrogens is 1. The minimum Gasteiger partial charge on any atom is -0.508 e. The topological polar surface area (TPSA) is 97.7 Å². The van der Waals surface area contributed by atoms with Crippen molar-refractivity contribution in [2.75, 3.05) is 0 Å². The van der Waals surface area contributed by atoms with Crippen molar-refractivity contribution >= 4 is 23.0 Å². The van der Waals surface area contributed by atoms with E-state index in [1.165, 1.54) is 30.5 Å². The number of carbonyl (C=O) groups is 1. The minimum absolute atomic E-state index is 0.0237. The number of hydrogen-bond acceptors (Lipinski definition) is 4. The lowest BCUT2D eigenvalue weighted by Gasteiger charge is -2.08. The molecular weight excluding hydrogens is 378 g/mol. The zero-order valence-corrected chi connectivity index (χ0v) is 16.6. The Morgan fingerprint density at radius 2 is 1.70 bits per heavy atom. The van der Waals surface area contributed by atoms with Crippen LogP contribution in [0.25, 0.3) is 22.0 Å². The van der Waals surface area contributed by atoms with Crippen LogP contribution in [0.15, 0.2) is 65.8 Å². The Labute approximate surface area is 173 Å². The van der Waals surface area contributed by atoms with Crippen LogP contribution < -0.4 is 5.43 Å². The number of phenols is 1. The number of nitrogens with zero attached hydrogens (tertiary/aromatic N) is 1. The molecule has 6 heteroatoms. The van der Waals surface area contributed by atoms with Gasteiger partial charge in [0.15, 0.2) is 5.88 Å². The van der Waals surface area contributed by atoms with Crippen LogP contribution in [0.4, 0.5) is 0 Å². The average Bonchev–Trinajstić information content (AvgIpc) is 3.03. The van der Waals surface area contributed by atoms with Crippen molar-refractivity contribution in [3.8, 4) is 22.8 Å². The van der Waals surface area contributed by atoms with E-state index in [-0.39, 0.29) is 11.6 Å². The second-order valence-electron chi connectivity index (χ2n) is 7.24. The van der Waals surface area contributed by atoms with Crippen LogP contribution in [0, 0.1) is 13.8 Å². The van der Waals surface area contributed by atoms with Crippen molar-refractivity contribution in [3.05, 3.63) is 82.9 Å². The lowest BCUT2D eigenvalue weighted by atomic mass is 9.96. The molecule has 0 aliphatic heterocycles. The standard InChI is InChI=1S/C24H21N3O3/c1-14-10-15(2)12-17(11-14)19-4-3-5-21-22(19)20(24(30)26-21)13-25-27-23(29)16-6-8-18(28)9-7-16/h3-13,26,28,30H,1-2H3,(H,27,29). The normalized spacial score (nSPS) is 11.3. The maximum Gasteiger partial charge on any atom is 0.271 e. The van der Waals surface area contributed by atoms with Gasteiger partial charge in [0.05, 0.1) is 11.8 Å². The molecule has 1 aromatic heterocycles. The number of rotatable bonds is 4. The molecule has 1 amide bonds. The van der Waals surface area contributed by atoms with E-state index in [0.717, 1.165) is 33.2 Å². The summed E-state index contributed by atoms with van der Waals surface area (Å²) in [6.07, 6.45) is 1.43. The first-order chi connectivity index (χ1) is 14.4. The summed E-state index contributed by atoms with van der Waals surface area (Å²) in [7, 11) is 0. The summed E-state index contributed by atoms with van der Waals surface area (Å²) in [4.78, 5) is 15.2. The highest BCUT2D eigenvalue weighted by Gasteiger charge is 2.15. The lowest BCUT2D eigenvalue weighted by molar-refractivity contribution is 0.0955. The number of benzene rings is 3. The maximum absolute atomic E-state index is 12.2. The van der Waals surface area contributed by atoms with Crippen molar-refractivity contribution in [1.82, 2.24) is 10.4 Å². The number of hydrazone groups is 1. The third-order valence-corrected chi connectivity index (χ3v) is 4.86. The molecule has 1 heterocycles. The van der Waals surface area contributed by atoms with E-state index in [0.29, 0.717) is 11.1 Å². The number of nitrogens with one attached hydrogen (secondary N) is 2. The van der Waals surface area contributed by atoms with Crippen LogP contribution in [0.3, 0.4) is 0 Å². The van der Waals surface area contributed by atoms with Gasteiger partial charge in [0, 0.05) is 16.5 Å². The highest BCUT2D eigenvalue weighted by molar-refractivity contribution is 6.09. The summed E-state index contributed by atoms with van der Waals surface area (Å²) < 4.78 is 0. The molecule has 4 N–H and O–H groups in total. The van der Waals surface area contributed by atoms with Crippen LogP contribution in [-0.4, -0.2) is 27.3 Å². The summed E-state index contributed by atoms with van der Waals surface area (Å²) >= 11 is 0. The van der Waals surface area contributed by atoms with Gasteiger partial charge < -0.3 is 15.2 Å². The number of aromatic hydroxyl groups is 2. The monoisotopic (exact) mass is 399 g/mol. The zero-order valence-electron chi connectivity index (χ0n) is 16.6. The molecule has 4 rings (SSSR count). The molecule has 3 aromatic carbocycles. The fourth-order valence-electron chi connectivity index (χ4n) is 3.59. The van der Waals surface area contributed by atoms with E-state index in [9.17, 15) is 15.0 Å². The highest BCUT2D eigenvalue weighted by atomic mass is 16.3. The van der Waals surface area contributed by atoms with Crippen molar-refractivity contribution in [2.24, 2.45) is 5.10 Å². The molecule has 0 saturated carbocycles. The molecule has 0 atom stereocenters. The summed E-state index contributed by atoms with van der Waals surface area (Å²) in [5.74, 6) is -0.359. The van der Waals surface area contributed by atoms with Gasteiger partial charge in [-0.25, -0.2) is 5.43 Å². The van der Waals surface area contributed by atoms with Crippen LogP contribution >= 0.6 is 0 Å². The van der Waals surface area contributed by atoms with Crippen LogP contribution in [0.5, 0.6) is 11.6 Å². The first-order valence-electron chi connectivity index (χ1n) is 9.47. The van der Waals surface area contributed by atoms with E-state index in [2.05, 4.69) is 33.7 Å². The van der Waals surface area contributed by atoms with E-state index < -0.39 is 5.91 Å². The maximum atomic E-state index is 12.2. The van der Waals surface area contributed by atoms with Gasteiger partial charge in [0.25, 0.3) is 5.91 Å². The third-order valence-electron chi connectivity index (χ3n) is 4.86. The number of aromatic amines is 1. The van der Waals surface area contributed by atoms with Crippen molar-refractivity contribution in [3.63, 3.8) is 0 Å². The number of carbonyl (C=O) groups excluding carboxylic acids is 1. The number of phenolic OH excluding ortho intramolecular Hbond substituents is 1. The van der Waals surface area contributed by atoms with Gasteiger partial charge in [-0.15, -0.1) is 0 Å². The Bertz CT molecular complexity index is 1250. The van der Waals surface area contributed by atoms with Gasteiger partial charge in [-0.1, -0.05) is 41.5 Å². The predicted octanol–water partition coefficient (Wildman–Crippen LogP) is 4.63. The number of hydrogen-bond donors (Lipinski definition) is 4. The SMILES string of the molecule is Cc1cc(C)cc(-c2cccc3[nH]c(O)c(C=NNC(=O)c4ccc(O)cc4)c23)c1. The van der Waals surface area contributed by atoms with Gasteiger partial charge >= 0.3 is 0 Å². The second-order valence-corrected chi connectivity index (χ2v) is 7.24. The molecule has 0 bridgehead atoms. The van der Waals surface area contributed by atoms with Crippen LogP contribution in [0.2, 0.25) is 0 Å². The molecule has 4 aromatic rings. The van der Waals surface area contributed by atoms with Gasteiger partial charge in [-0.2, -0.15) is 5.10 Å². The average molecular weight is 399 g/mol. The first-order valence-corrected chi connectivity index (χ1v) is 9.47. The Morgan fingerprint density at radius 3 is 2.40 bits per heavy atom. The number of aromatic nitrogens is 1. The van der Waals surface area contributed by atoms with Crippen LogP contribution in [0.1, 0.15) is 27.0 Å². The number of aryl methyl sites for hydroxylation is 2. The molecule has 0 fully saturated rings. The lowest BCUT2D eigenvalue weighted by Crippen LogP contribution is -2.17. The van der Waals surface area contributed by atoms with Crippen molar-refractivity contribution in [1.29, 1.82) is 0 Å². The Hall–Kier alpha value is -4.06. The van der Waals surface area contributed by atoms with Crippen molar-refractivity contribution in [2.45, 2.75) is 13.8 Å². The predicted molar refractivity (Wildman–Crippen MR) is 118 cm³/mol. The van der Waals surface area contributed by atoms with Crippen LogP contribution in [-0.2, 0) is 0 Å². The van der Waals surface area contributed by atoms with E-state index in [1.54, 1.807) is 0 Å². The Kier molecular flexibility index (Phi) is 4.98. The van der Waals surface area contributed by atoms with E-state index >= 15 is 0 Å². The van der Waals surface area contributed by atoms with Gasteiger partial charge in [0.1, 0.15) is 5.75 Å². The molecule has 30 heavy (non-hydrogen) atoms. The molecule has 0 aliphatic rings. The molecule has 6 nitrogen and oxygen atoms in total. The molecule has 0 spiro atoms. The largest absolute Gasteiger partial charge is 0.508 e. The number of amides is 1. The van der Waals surface area contributed by atoms with Crippen molar-refractivity contribution < 1.29 is 15.0 Å². The number of fused-ring (bicyclic) bond motifs is 1. The summed E-state index contributed by atoms with van der Waals surface area (Å²) in [5, 5.41) is 24.6. The van der Waals surface area contributed by atoms with Gasteiger partial charge in [-0.3, -0.25) is 4.79 Å². The smallest absolute Gasteiger partial charge is 0.271 e. The summed E-state index contributed by atoms with van der Waals surface area (Å²) in [6.45, 7) is 4.10.